The van der Waals surface area contributed by atoms with Crippen LogP contribution in [-0.4, -0.2) is 32.0 Å². The Kier molecular flexibility index (Phi) is 6.35. The molecule has 0 spiro atoms. The second kappa shape index (κ2) is 8.92. The van der Waals surface area contributed by atoms with Crippen molar-refractivity contribution in [2.45, 2.75) is 11.7 Å². The summed E-state index contributed by atoms with van der Waals surface area (Å²) in [5.41, 5.74) is 0.204. The largest absolute Gasteiger partial charge is 0.772 e. The van der Waals surface area contributed by atoms with Crippen LogP contribution in [0, 0.1) is 10.1 Å². The summed E-state index contributed by atoms with van der Waals surface area (Å²) in [7, 11) is 0. The Labute approximate surface area is 164 Å². The molecule has 0 saturated carbocycles. The van der Waals surface area contributed by atoms with Gasteiger partial charge >= 0.3 is 0 Å². The van der Waals surface area contributed by atoms with Crippen molar-refractivity contribution < 1.29 is 23.5 Å². The van der Waals surface area contributed by atoms with Crippen LogP contribution in [0.1, 0.15) is 22.8 Å². The third-order valence-electron chi connectivity index (χ3n) is 4.35. The van der Waals surface area contributed by atoms with Gasteiger partial charge in [0.05, 0.1) is 22.3 Å². The molecule has 3 aromatic rings. The minimum atomic E-state index is -2.65. The Morgan fingerprint density at radius 2 is 1.82 bits per heavy atom. The van der Waals surface area contributed by atoms with E-state index in [0.717, 1.165) is 5.39 Å². The summed E-state index contributed by atoms with van der Waals surface area (Å²) in [6, 6.07) is 16.6. The lowest BCUT2D eigenvalue weighted by atomic mass is 9.97. The summed E-state index contributed by atoms with van der Waals surface area (Å²) >= 11 is -2.65. The van der Waals surface area contributed by atoms with Crippen LogP contribution < -0.4 is 4.74 Å². The summed E-state index contributed by atoms with van der Waals surface area (Å²) in [4.78, 5) is 10.9. The van der Waals surface area contributed by atoms with Crippen LogP contribution in [0.4, 0.5) is 5.69 Å². The second-order valence-electron chi connectivity index (χ2n) is 6.11. The molecule has 3 aromatic carbocycles. The molecule has 0 aliphatic rings. The van der Waals surface area contributed by atoms with Gasteiger partial charge in [-0.25, -0.2) is 0 Å². The predicted octanol–water partition coefficient (Wildman–Crippen LogP) is 3.48. The quantitative estimate of drug-likeness (QED) is 0.268. The highest BCUT2D eigenvalue weighted by Crippen LogP contribution is 2.39. The summed E-state index contributed by atoms with van der Waals surface area (Å²) in [6.07, 6.45) is 0.395. The van der Waals surface area contributed by atoms with Gasteiger partial charge < -0.3 is 14.4 Å². The van der Waals surface area contributed by atoms with Crippen LogP contribution in [0.2, 0.25) is 0 Å². The molecule has 8 heteroatoms. The van der Waals surface area contributed by atoms with E-state index in [2.05, 4.69) is 0 Å². The number of aliphatic hydroxyl groups is 1. The van der Waals surface area contributed by atoms with E-state index in [0.29, 0.717) is 23.1 Å². The summed E-state index contributed by atoms with van der Waals surface area (Å²) < 4.78 is 29.9. The van der Waals surface area contributed by atoms with Crippen LogP contribution in [0.15, 0.2) is 60.7 Å². The van der Waals surface area contributed by atoms with Gasteiger partial charge in [0, 0.05) is 19.1 Å². The van der Waals surface area contributed by atoms with Crippen LogP contribution in [0.5, 0.6) is 5.75 Å². The lowest BCUT2D eigenvalue weighted by molar-refractivity contribution is -0.385. The van der Waals surface area contributed by atoms with E-state index in [4.69, 9.17) is 9.84 Å². The molecule has 0 aromatic heterocycles. The van der Waals surface area contributed by atoms with E-state index in [1.807, 2.05) is 18.2 Å². The van der Waals surface area contributed by atoms with E-state index in [1.54, 1.807) is 24.3 Å². The first-order valence-electron chi connectivity index (χ1n) is 8.60. The zero-order valence-electron chi connectivity index (χ0n) is 14.8. The average Bonchev–Trinajstić information content (AvgIpc) is 2.68. The van der Waals surface area contributed by atoms with Crippen molar-refractivity contribution in [2.24, 2.45) is 0 Å². The van der Waals surface area contributed by atoms with Gasteiger partial charge in [0.1, 0.15) is 5.75 Å². The molecule has 0 radical (unpaired) electrons. The molecule has 2 atom stereocenters. The number of hydrogen-bond acceptors (Lipinski definition) is 6. The number of nitro groups is 1. The molecular weight excluding hydrogens is 382 g/mol. The maximum absolute atomic E-state index is 12.2. The number of ether oxygens (including phenoxy) is 1. The first kappa shape index (κ1) is 19.9. The van der Waals surface area contributed by atoms with Gasteiger partial charge in [0.15, 0.2) is 0 Å². The van der Waals surface area contributed by atoms with Crippen molar-refractivity contribution in [3.05, 3.63) is 81.9 Å². The number of nitrogens with zero attached hydrogens (tertiary/aromatic N) is 1. The van der Waals surface area contributed by atoms with E-state index < -0.39 is 21.3 Å². The van der Waals surface area contributed by atoms with Crippen LogP contribution in [0.3, 0.4) is 0 Å². The SMILES string of the molecule is O=[N+]([O-])c1ccc(OCCCO)cc1C(c1cccc2ccccc12)S(=O)[O-]. The summed E-state index contributed by atoms with van der Waals surface area (Å²) in [5, 5.41) is 20.7. The summed E-state index contributed by atoms with van der Waals surface area (Å²) in [5.74, 6) is 0.310. The molecule has 1 N–H and O–H groups in total. The van der Waals surface area contributed by atoms with Crippen LogP contribution in [0.25, 0.3) is 10.8 Å². The molecule has 0 fully saturated rings. The minimum absolute atomic E-state index is 0.0381. The fraction of sp³-hybridized carbons (Fsp3) is 0.200. The zero-order chi connectivity index (χ0) is 20.1. The predicted molar refractivity (Wildman–Crippen MR) is 105 cm³/mol. The fourth-order valence-corrected chi connectivity index (χ4v) is 3.92. The lowest BCUT2D eigenvalue weighted by Gasteiger charge is -2.23. The van der Waals surface area contributed by atoms with Gasteiger partial charge in [-0.2, -0.15) is 0 Å². The number of rotatable bonds is 8. The monoisotopic (exact) mass is 400 g/mol. The van der Waals surface area contributed by atoms with E-state index in [1.165, 1.54) is 18.2 Å². The molecule has 146 valence electrons. The Morgan fingerprint density at radius 3 is 2.54 bits per heavy atom. The van der Waals surface area contributed by atoms with Crippen LogP contribution in [-0.2, 0) is 11.1 Å². The Bertz CT molecular complexity index is 1020. The molecule has 28 heavy (non-hydrogen) atoms. The number of fused-ring (bicyclic) bond motifs is 1. The van der Waals surface area contributed by atoms with Gasteiger partial charge in [0.2, 0.25) is 0 Å². The second-order valence-corrected chi connectivity index (χ2v) is 7.10. The van der Waals surface area contributed by atoms with Gasteiger partial charge in [-0.15, -0.1) is 0 Å². The molecule has 0 amide bonds. The zero-order valence-corrected chi connectivity index (χ0v) is 15.6. The van der Waals surface area contributed by atoms with Gasteiger partial charge in [-0.1, -0.05) is 42.5 Å². The fourth-order valence-electron chi connectivity index (χ4n) is 3.11. The van der Waals surface area contributed by atoms with E-state index in [-0.39, 0.29) is 24.5 Å². The third kappa shape index (κ3) is 4.19. The normalized spacial score (nSPS) is 13.2. The van der Waals surface area contributed by atoms with E-state index in [9.17, 15) is 18.9 Å². The molecular formula is C20H18NO6S-. The van der Waals surface area contributed by atoms with Crippen molar-refractivity contribution in [3.63, 3.8) is 0 Å². The standard InChI is InChI=1S/C20H19NO6S/c22-11-4-12-27-15-9-10-19(21(23)24)18(13-15)20(28(25)26)17-8-3-6-14-5-1-2-7-16(14)17/h1-3,5-10,13,20,22H,4,11-12H2,(H,25,26)/p-1. The van der Waals surface area contributed by atoms with Crippen molar-refractivity contribution in [3.8, 4) is 5.75 Å². The maximum atomic E-state index is 12.2. The smallest absolute Gasteiger partial charge is 0.274 e. The number of benzene rings is 3. The molecule has 0 aliphatic carbocycles. The Hall–Kier alpha value is -2.81. The number of hydrogen-bond donors (Lipinski definition) is 1. The van der Waals surface area contributed by atoms with E-state index >= 15 is 0 Å². The first-order valence-corrected chi connectivity index (χ1v) is 9.74. The summed E-state index contributed by atoms with van der Waals surface area (Å²) in [6.45, 7) is 0.163. The highest BCUT2D eigenvalue weighted by Gasteiger charge is 2.26. The Balaban J connectivity index is 2.16. The van der Waals surface area contributed by atoms with Gasteiger partial charge in [0.25, 0.3) is 5.69 Å². The minimum Gasteiger partial charge on any atom is -0.772 e. The van der Waals surface area contributed by atoms with Crippen molar-refractivity contribution >= 4 is 27.5 Å². The molecule has 0 aliphatic heterocycles. The highest BCUT2D eigenvalue weighted by atomic mass is 32.2. The molecule has 2 unspecified atom stereocenters. The van der Waals surface area contributed by atoms with Gasteiger partial charge in [-0.3, -0.25) is 14.3 Å². The first-order chi connectivity index (χ1) is 13.5. The maximum Gasteiger partial charge on any atom is 0.274 e. The highest BCUT2D eigenvalue weighted by molar-refractivity contribution is 7.79. The lowest BCUT2D eigenvalue weighted by Crippen LogP contribution is -2.11. The van der Waals surface area contributed by atoms with Crippen molar-refractivity contribution in [1.29, 1.82) is 0 Å². The topological polar surface area (TPSA) is 113 Å². The average molecular weight is 400 g/mol. The molecule has 0 saturated heterocycles. The van der Waals surface area contributed by atoms with Crippen molar-refractivity contribution in [1.82, 2.24) is 0 Å². The number of aliphatic hydroxyl groups excluding tert-OH is 1. The third-order valence-corrected chi connectivity index (χ3v) is 5.24. The molecule has 3 rings (SSSR count). The number of nitro benzene ring substituents is 1. The van der Waals surface area contributed by atoms with Gasteiger partial charge in [-0.05, 0) is 39.5 Å². The molecule has 0 heterocycles. The molecule has 0 bridgehead atoms. The Morgan fingerprint density at radius 1 is 1.07 bits per heavy atom. The van der Waals surface area contributed by atoms with Crippen LogP contribution >= 0.6 is 0 Å². The van der Waals surface area contributed by atoms with Crippen molar-refractivity contribution in [2.75, 3.05) is 13.2 Å². The molecule has 7 nitrogen and oxygen atoms in total.